The van der Waals surface area contributed by atoms with Gasteiger partial charge in [0, 0.05) is 19.8 Å². The Balaban J connectivity index is 1.66. The monoisotopic (exact) mass is 805 g/mol. The van der Waals surface area contributed by atoms with Gasteiger partial charge in [-0.05, 0) is 177 Å². The molecule has 0 aliphatic heterocycles. The number of hydrogen-bond acceptors (Lipinski definition) is 7. The van der Waals surface area contributed by atoms with Crippen molar-refractivity contribution in [3.05, 3.63) is 0 Å². The second-order valence-electron chi connectivity index (χ2n) is 19.7. The molecule has 4 unspecified atom stereocenters. The van der Waals surface area contributed by atoms with E-state index in [-0.39, 0.29) is 0 Å². The van der Waals surface area contributed by atoms with E-state index in [0.717, 1.165) is 57.3 Å². The second kappa shape index (κ2) is 30.7. The molecule has 0 aromatic carbocycles. The van der Waals surface area contributed by atoms with Crippen LogP contribution in [0.4, 0.5) is 0 Å². The highest BCUT2D eigenvalue weighted by molar-refractivity contribution is 5.07. The minimum absolute atomic E-state index is 0.314. The minimum atomic E-state index is 0.314. The average molecular weight is 805 g/mol. The first kappa shape index (κ1) is 51.1. The highest BCUT2D eigenvalue weighted by Gasteiger charge is 2.58. The molecular weight excluding hydrogens is 705 g/mol. The van der Waals surface area contributed by atoms with Crippen LogP contribution in [0, 0.1) is 40.9 Å². The van der Waals surface area contributed by atoms with Crippen molar-refractivity contribution < 1.29 is 14.2 Å². The quantitative estimate of drug-likeness (QED) is 0.0547. The summed E-state index contributed by atoms with van der Waals surface area (Å²) in [6.07, 6.45) is 34.4. The van der Waals surface area contributed by atoms with Crippen LogP contribution in [0.15, 0.2) is 0 Å². The van der Waals surface area contributed by atoms with E-state index in [1.807, 2.05) is 0 Å². The van der Waals surface area contributed by atoms with Crippen LogP contribution in [0.1, 0.15) is 202 Å². The summed E-state index contributed by atoms with van der Waals surface area (Å²) in [7, 11) is 0. The molecule has 7 nitrogen and oxygen atoms in total. The van der Waals surface area contributed by atoms with Crippen molar-refractivity contribution in [3.8, 4) is 0 Å². The Labute approximate surface area is 355 Å². The Morgan fingerprint density at radius 2 is 1.18 bits per heavy atom. The molecule has 0 spiro atoms. The van der Waals surface area contributed by atoms with Gasteiger partial charge in [0.15, 0.2) is 0 Å². The molecule has 10 atom stereocenters. The summed E-state index contributed by atoms with van der Waals surface area (Å²) in [4.78, 5) is 2.85. The molecule has 6 N–H and O–H groups in total. The van der Waals surface area contributed by atoms with Crippen LogP contribution < -0.4 is 17.2 Å². The Morgan fingerprint density at radius 1 is 0.614 bits per heavy atom. The summed E-state index contributed by atoms with van der Waals surface area (Å²) in [6.45, 7) is 20.7. The third-order valence-electron chi connectivity index (χ3n) is 15.5. The van der Waals surface area contributed by atoms with Gasteiger partial charge in [0.1, 0.15) is 0 Å². The first-order valence-corrected chi connectivity index (χ1v) is 25.5. The predicted molar refractivity (Wildman–Crippen MR) is 245 cm³/mol. The van der Waals surface area contributed by atoms with E-state index in [0.29, 0.717) is 67.0 Å². The normalized spacial score (nSPS) is 28.7. The summed E-state index contributed by atoms with van der Waals surface area (Å²) in [5, 5.41) is 0. The minimum Gasteiger partial charge on any atom is -0.378 e. The number of unbranched alkanes of at least 4 members (excludes halogenated alkanes) is 10. The number of hydrogen-bond donors (Lipinski definition) is 3. The molecule has 3 rings (SSSR count). The van der Waals surface area contributed by atoms with Gasteiger partial charge in [-0.3, -0.25) is 0 Å². The van der Waals surface area contributed by atoms with E-state index in [2.05, 4.69) is 39.5 Å². The van der Waals surface area contributed by atoms with Crippen LogP contribution in [0.25, 0.3) is 0 Å². The topological polar surface area (TPSA) is 109 Å². The van der Waals surface area contributed by atoms with E-state index >= 15 is 0 Å². The first-order chi connectivity index (χ1) is 27.8. The second-order valence-corrected chi connectivity index (χ2v) is 19.7. The molecule has 7 heteroatoms. The maximum absolute atomic E-state index is 6.95. The summed E-state index contributed by atoms with van der Waals surface area (Å²) < 4.78 is 20.1. The van der Waals surface area contributed by atoms with E-state index in [1.165, 1.54) is 161 Å². The highest BCUT2D eigenvalue weighted by Crippen LogP contribution is 2.62. The standard InChI is InChI=1S/C50H100N4O3/c1-6-9-11-13-15-17-31-54(32-18-16-14-12-10-7-2)33-19-23-41(4)42(8-3)24-25-43-37-46(56-35-21-29-52)40-47-49(43)48(57-36-22-30-53)39-44-38-45(55-34-20-28-51)26-27-50(44,47)5/h41-49H,6-40,51-53H2,1-5H3/t41?,42?,43-,44?,45-,46-,47+,48-,49?,50+/m1/s1. The summed E-state index contributed by atoms with van der Waals surface area (Å²) >= 11 is 0. The molecule has 3 fully saturated rings. The van der Waals surface area contributed by atoms with Crippen molar-refractivity contribution in [2.24, 2.45) is 58.1 Å². The van der Waals surface area contributed by atoms with Gasteiger partial charge in [-0.2, -0.15) is 0 Å². The van der Waals surface area contributed by atoms with E-state index in [1.54, 1.807) is 0 Å². The van der Waals surface area contributed by atoms with Gasteiger partial charge < -0.3 is 36.3 Å². The van der Waals surface area contributed by atoms with E-state index < -0.39 is 0 Å². The van der Waals surface area contributed by atoms with E-state index in [9.17, 15) is 0 Å². The van der Waals surface area contributed by atoms with Crippen molar-refractivity contribution in [1.82, 2.24) is 4.90 Å². The van der Waals surface area contributed by atoms with Gasteiger partial charge in [0.05, 0.1) is 18.3 Å². The number of rotatable bonds is 35. The molecule has 0 amide bonds. The van der Waals surface area contributed by atoms with Crippen molar-refractivity contribution in [2.75, 3.05) is 59.1 Å². The number of nitrogens with two attached hydrogens (primary N) is 3. The van der Waals surface area contributed by atoms with Gasteiger partial charge >= 0.3 is 0 Å². The summed E-state index contributed by atoms with van der Waals surface area (Å²) in [5.41, 5.74) is 18.1. The molecular formula is C50H100N4O3. The lowest BCUT2D eigenvalue weighted by atomic mass is 9.46. The molecule has 0 bridgehead atoms. The van der Waals surface area contributed by atoms with E-state index in [4.69, 9.17) is 31.4 Å². The zero-order valence-corrected chi connectivity index (χ0v) is 38.8. The van der Waals surface area contributed by atoms with Gasteiger partial charge in [-0.15, -0.1) is 0 Å². The fourth-order valence-electron chi connectivity index (χ4n) is 11.8. The van der Waals surface area contributed by atoms with Crippen molar-refractivity contribution in [2.45, 2.75) is 220 Å². The summed E-state index contributed by atoms with van der Waals surface area (Å²) in [6, 6.07) is 0. The third-order valence-corrected chi connectivity index (χ3v) is 15.5. The molecule has 0 radical (unpaired) electrons. The molecule has 0 aromatic rings. The molecule has 0 heterocycles. The first-order valence-electron chi connectivity index (χ1n) is 25.5. The van der Waals surface area contributed by atoms with Crippen LogP contribution in [0.3, 0.4) is 0 Å². The zero-order chi connectivity index (χ0) is 41.1. The third kappa shape index (κ3) is 18.3. The molecule has 3 aliphatic carbocycles. The molecule has 0 aromatic heterocycles. The van der Waals surface area contributed by atoms with Crippen LogP contribution in [0.5, 0.6) is 0 Å². The van der Waals surface area contributed by atoms with Gasteiger partial charge in [-0.1, -0.05) is 105 Å². The lowest BCUT2D eigenvalue weighted by Crippen LogP contribution is -2.58. The van der Waals surface area contributed by atoms with Crippen molar-refractivity contribution >= 4 is 0 Å². The lowest BCUT2D eigenvalue weighted by Gasteiger charge is -2.61. The SMILES string of the molecule is CCCCCCCCN(CCCCCCCC)CCCC(C)C(CC)CC[C@@H]1C[C@@H](OCCCN)C[C@H]2C1[C@H](OCCCN)CC1C[C@H](OCCCN)CC[C@@]12C. The predicted octanol–water partition coefficient (Wildman–Crippen LogP) is 11.3. The zero-order valence-electron chi connectivity index (χ0n) is 38.8. The van der Waals surface area contributed by atoms with Gasteiger partial charge in [-0.25, -0.2) is 0 Å². The van der Waals surface area contributed by atoms with Crippen molar-refractivity contribution in [3.63, 3.8) is 0 Å². The fourth-order valence-corrected chi connectivity index (χ4v) is 11.8. The molecule has 0 saturated heterocycles. The molecule has 338 valence electrons. The fraction of sp³-hybridized carbons (Fsp3) is 1.00. The maximum Gasteiger partial charge on any atom is 0.0611 e. The maximum atomic E-state index is 6.95. The Morgan fingerprint density at radius 3 is 1.77 bits per heavy atom. The smallest absolute Gasteiger partial charge is 0.0611 e. The average Bonchev–Trinajstić information content (AvgIpc) is 3.21. The van der Waals surface area contributed by atoms with Crippen LogP contribution in [-0.2, 0) is 14.2 Å². The lowest BCUT2D eigenvalue weighted by molar-refractivity contribution is -0.190. The van der Waals surface area contributed by atoms with Crippen molar-refractivity contribution in [1.29, 1.82) is 0 Å². The number of fused-ring (bicyclic) bond motifs is 3. The Hall–Kier alpha value is -0.280. The number of ether oxygens (including phenoxy) is 3. The van der Waals surface area contributed by atoms with Gasteiger partial charge in [0.2, 0.25) is 0 Å². The largest absolute Gasteiger partial charge is 0.378 e. The van der Waals surface area contributed by atoms with Gasteiger partial charge in [0.25, 0.3) is 0 Å². The summed E-state index contributed by atoms with van der Waals surface area (Å²) in [5.74, 6) is 4.09. The van der Waals surface area contributed by atoms with Crippen LogP contribution >= 0.6 is 0 Å². The van der Waals surface area contributed by atoms with Crippen LogP contribution in [-0.4, -0.2) is 82.3 Å². The number of nitrogens with zero attached hydrogens (tertiary/aromatic N) is 1. The molecule has 3 saturated carbocycles. The molecule has 57 heavy (non-hydrogen) atoms. The Bertz CT molecular complexity index is 941. The van der Waals surface area contributed by atoms with Crippen LogP contribution in [0.2, 0.25) is 0 Å². The Kier molecular flexibility index (Phi) is 27.5. The molecule has 3 aliphatic rings. The highest BCUT2D eigenvalue weighted by atomic mass is 16.5.